The fraction of sp³-hybridized carbons (Fsp3) is 0.429. The summed E-state index contributed by atoms with van der Waals surface area (Å²) in [5.74, 6) is -0.385. The van der Waals surface area contributed by atoms with Crippen molar-refractivity contribution in [1.82, 2.24) is 10.3 Å². The Kier molecular flexibility index (Phi) is 3.79. The van der Waals surface area contributed by atoms with Crippen LogP contribution in [-0.4, -0.2) is 40.4 Å². The van der Waals surface area contributed by atoms with E-state index in [1.807, 2.05) is 6.07 Å². The zero-order valence-corrected chi connectivity index (χ0v) is 12.2. The Bertz CT molecular complexity index is 694. The summed E-state index contributed by atoms with van der Waals surface area (Å²) in [5, 5.41) is 21.4. The Labute approximate surface area is 125 Å². The Morgan fingerprint density at radius 2 is 2.19 bits per heavy atom. The van der Waals surface area contributed by atoms with Gasteiger partial charge in [0.2, 0.25) is 0 Å². The van der Waals surface area contributed by atoms with E-state index in [0.717, 1.165) is 35.2 Å². The Hall–Kier alpha value is -1.70. The highest BCUT2D eigenvalue weighted by Crippen LogP contribution is 2.35. The first-order valence-corrected chi connectivity index (χ1v) is 7.69. The molecule has 112 valence electrons. The van der Waals surface area contributed by atoms with E-state index in [4.69, 9.17) is 15.9 Å². The van der Waals surface area contributed by atoms with Gasteiger partial charge in [-0.3, -0.25) is 4.79 Å². The molecular weight excluding hydrogens is 290 g/mol. The standard InChI is InChI=1S/C14H17N3O3S/c15-11-9-4-7-2-1-3-10(7)17-14(9)21-12(11)13(20)16-8(5-18)6-19/h4,8,18-19H,1-3,5-6,15H2,(H,16,20). The van der Waals surface area contributed by atoms with Crippen LogP contribution in [-0.2, 0) is 12.8 Å². The van der Waals surface area contributed by atoms with Gasteiger partial charge in [0.05, 0.1) is 24.9 Å². The lowest BCUT2D eigenvalue weighted by molar-refractivity contribution is 0.0884. The summed E-state index contributed by atoms with van der Waals surface area (Å²) in [6.45, 7) is -0.640. The zero-order valence-electron chi connectivity index (χ0n) is 11.4. The molecule has 6 nitrogen and oxygen atoms in total. The molecule has 0 bridgehead atoms. The maximum atomic E-state index is 12.2. The molecule has 0 saturated heterocycles. The number of nitrogens with one attached hydrogen (secondary N) is 1. The first kappa shape index (κ1) is 14.2. The lowest BCUT2D eigenvalue weighted by Gasteiger charge is -2.12. The number of aliphatic hydroxyl groups excluding tert-OH is 2. The van der Waals surface area contributed by atoms with E-state index in [2.05, 4.69) is 10.3 Å². The van der Waals surface area contributed by atoms with Crippen molar-refractivity contribution in [2.45, 2.75) is 25.3 Å². The quantitative estimate of drug-likeness (QED) is 0.656. The molecule has 1 aliphatic carbocycles. The van der Waals surface area contributed by atoms with Crippen LogP contribution in [0.5, 0.6) is 0 Å². The fourth-order valence-electron chi connectivity index (χ4n) is 2.57. The molecule has 5 N–H and O–H groups in total. The lowest BCUT2D eigenvalue weighted by atomic mass is 10.1. The van der Waals surface area contributed by atoms with Crippen LogP contribution in [0.1, 0.15) is 27.3 Å². The predicted molar refractivity (Wildman–Crippen MR) is 81.5 cm³/mol. The third-order valence-electron chi connectivity index (χ3n) is 3.73. The summed E-state index contributed by atoms with van der Waals surface area (Å²) in [4.78, 5) is 17.9. The van der Waals surface area contributed by atoms with Gasteiger partial charge in [0, 0.05) is 11.1 Å². The highest BCUT2D eigenvalue weighted by atomic mass is 32.1. The fourth-order valence-corrected chi connectivity index (χ4v) is 3.57. The van der Waals surface area contributed by atoms with Crippen LogP contribution in [0.4, 0.5) is 5.69 Å². The van der Waals surface area contributed by atoms with E-state index < -0.39 is 6.04 Å². The molecule has 7 heteroatoms. The molecular formula is C14H17N3O3S. The topological polar surface area (TPSA) is 108 Å². The van der Waals surface area contributed by atoms with Crippen LogP contribution in [0.2, 0.25) is 0 Å². The minimum absolute atomic E-state index is 0.320. The Morgan fingerprint density at radius 1 is 1.43 bits per heavy atom. The molecule has 0 radical (unpaired) electrons. The van der Waals surface area contributed by atoms with Crippen molar-refractivity contribution in [2.24, 2.45) is 0 Å². The smallest absolute Gasteiger partial charge is 0.263 e. The summed E-state index contributed by atoms with van der Waals surface area (Å²) in [7, 11) is 0. The van der Waals surface area contributed by atoms with Crippen molar-refractivity contribution in [1.29, 1.82) is 0 Å². The molecule has 1 aliphatic rings. The third-order valence-corrected chi connectivity index (χ3v) is 4.85. The first-order chi connectivity index (χ1) is 10.1. The van der Waals surface area contributed by atoms with Gasteiger partial charge in [0.15, 0.2) is 0 Å². The molecule has 0 spiro atoms. The van der Waals surface area contributed by atoms with Gasteiger partial charge in [0.1, 0.15) is 9.71 Å². The van der Waals surface area contributed by atoms with Crippen LogP contribution in [0.25, 0.3) is 10.2 Å². The Balaban J connectivity index is 1.96. The van der Waals surface area contributed by atoms with Crippen molar-refractivity contribution in [3.05, 3.63) is 22.2 Å². The number of amides is 1. The largest absolute Gasteiger partial charge is 0.397 e. The van der Waals surface area contributed by atoms with Gasteiger partial charge in [-0.2, -0.15) is 0 Å². The van der Waals surface area contributed by atoms with E-state index in [1.54, 1.807) is 0 Å². The monoisotopic (exact) mass is 307 g/mol. The van der Waals surface area contributed by atoms with Gasteiger partial charge >= 0.3 is 0 Å². The predicted octanol–water partition coefficient (Wildman–Crippen LogP) is 0.450. The molecule has 0 unspecified atom stereocenters. The molecule has 2 aromatic heterocycles. The van der Waals surface area contributed by atoms with E-state index in [1.165, 1.54) is 16.9 Å². The number of hydrogen-bond acceptors (Lipinski definition) is 6. The van der Waals surface area contributed by atoms with E-state index in [0.29, 0.717) is 10.6 Å². The molecule has 2 aromatic rings. The number of rotatable bonds is 4. The van der Waals surface area contributed by atoms with Gasteiger partial charge < -0.3 is 21.3 Å². The number of carbonyl (C=O) groups excluding carboxylic acids is 1. The number of hydrogen-bond donors (Lipinski definition) is 4. The van der Waals surface area contributed by atoms with Crippen LogP contribution in [0.15, 0.2) is 6.07 Å². The number of pyridine rings is 1. The SMILES string of the molecule is Nc1c(C(=O)NC(CO)CO)sc2nc3c(cc12)CCC3. The molecule has 0 atom stereocenters. The second kappa shape index (κ2) is 5.59. The highest BCUT2D eigenvalue weighted by molar-refractivity contribution is 7.21. The number of anilines is 1. The van der Waals surface area contributed by atoms with Crippen LogP contribution in [0.3, 0.4) is 0 Å². The van der Waals surface area contributed by atoms with E-state index in [-0.39, 0.29) is 19.1 Å². The lowest BCUT2D eigenvalue weighted by Crippen LogP contribution is -2.39. The first-order valence-electron chi connectivity index (χ1n) is 6.87. The number of nitrogens with two attached hydrogens (primary N) is 1. The van der Waals surface area contributed by atoms with Gasteiger partial charge in [-0.25, -0.2) is 4.98 Å². The summed E-state index contributed by atoms with van der Waals surface area (Å²) in [5.41, 5.74) is 8.81. The van der Waals surface area contributed by atoms with Crippen molar-refractivity contribution in [3.63, 3.8) is 0 Å². The number of fused-ring (bicyclic) bond motifs is 2. The number of aliphatic hydroxyl groups is 2. The summed E-state index contributed by atoms with van der Waals surface area (Å²) in [6.07, 6.45) is 3.09. The minimum atomic E-state index is -0.680. The number of nitrogens with zero attached hydrogens (tertiary/aromatic N) is 1. The van der Waals surface area contributed by atoms with Gasteiger partial charge in [-0.15, -0.1) is 11.3 Å². The minimum Gasteiger partial charge on any atom is -0.397 e. The molecule has 0 fully saturated rings. The van der Waals surface area contributed by atoms with Gasteiger partial charge in [-0.1, -0.05) is 0 Å². The van der Waals surface area contributed by atoms with Gasteiger partial charge in [0.25, 0.3) is 5.91 Å². The highest BCUT2D eigenvalue weighted by Gasteiger charge is 2.22. The number of thiophene rings is 1. The summed E-state index contributed by atoms with van der Waals surface area (Å²) in [6, 6.07) is 1.35. The van der Waals surface area contributed by atoms with Crippen molar-refractivity contribution < 1.29 is 15.0 Å². The molecule has 3 rings (SSSR count). The second-order valence-electron chi connectivity index (χ2n) is 5.18. The maximum Gasteiger partial charge on any atom is 0.263 e. The summed E-state index contributed by atoms with van der Waals surface area (Å²) < 4.78 is 0. The van der Waals surface area contributed by atoms with E-state index in [9.17, 15) is 4.79 Å². The summed E-state index contributed by atoms with van der Waals surface area (Å²) >= 11 is 1.25. The van der Waals surface area contributed by atoms with Gasteiger partial charge in [-0.05, 0) is 30.9 Å². The molecule has 0 aliphatic heterocycles. The second-order valence-corrected chi connectivity index (χ2v) is 6.18. The number of nitrogen functional groups attached to an aromatic ring is 1. The normalized spacial score (nSPS) is 13.9. The van der Waals surface area contributed by atoms with Crippen LogP contribution >= 0.6 is 11.3 Å². The maximum absolute atomic E-state index is 12.2. The number of aryl methyl sites for hydroxylation is 2. The van der Waals surface area contributed by atoms with Crippen LogP contribution in [0, 0.1) is 0 Å². The molecule has 0 aromatic carbocycles. The van der Waals surface area contributed by atoms with Crippen LogP contribution < -0.4 is 11.1 Å². The molecule has 21 heavy (non-hydrogen) atoms. The molecule has 0 saturated carbocycles. The van der Waals surface area contributed by atoms with E-state index >= 15 is 0 Å². The zero-order chi connectivity index (χ0) is 15.0. The number of aromatic nitrogens is 1. The Morgan fingerprint density at radius 3 is 2.90 bits per heavy atom. The average molecular weight is 307 g/mol. The molecule has 2 heterocycles. The van der Waals surface area contributed by atoms with Crippen molar-refractivity contribution in [2.75, 3.05) is 18.9 Å². The number of carbonyl (C=O) groups is 1. The van der Waals surface area contributed by atoms with Crippen molar-refractivity contribution >= 4 is 33.1 Å². The molecule has 1 amide bonds. The third kappa shape index (κ3) is 2.48. The average Bonchev–Trinajstić information content (AvgIpc) is 3.07. The van der Waals surface area contributed by atoms with Crippen molar-refractivity contribution in [3.8, 4) is 0 Å².